The van der Waals surface area contributed by atoms with Crippen LogP contribution in [0.5, 0.6) is 11.5 Å². The first-order chi connectivity index (χ1) is 10.2. The van der Waals surface area contributed by atoms with E-state index in [1.165, 1.54) is 18.9 Å². The third-order valence-corrected chi connectivity index (χ3v) is 3.06. The zero-order valence-electron chi connectivity index (χ0n) is 13.1. The zero-order valence-corrected chi connectivity index (χ0v) is 13.1. The van der Waals surface area contributed by atoms with E-state index in [-0.39, 0.29) is 5.97 Å². The first kappa shape index (κ1) is 17.1. The van der Waals surface area contributed by atoms with Crippen molar-refractivity contribution in [3.8, 4) is 11.5 Å². The summed E-state index contributed by atoms with van der Waals surface area (Å²) in [6.07, 6.45) is 7.51. The highest BCUT2D eigenvalue weighted by Crippen LogP contribution is 2.27. The molecule has 0 fully saturated rings. The van der Waals surface area contributed by atoms with Crippen molar-refractivity contribution in [3.05, 3.63) is 29.8 Å². The van der Waals surface area contributed by atoms with E-state index in [9.17, 15) is 4.79 Å². The first-order valence-corrected chi connectivity index (χ1v) is 7.28. The molecule has 0 aliphatic heterocycles. The molecule has 0 aliphatic rings. The van der Waals surface area contributed by atoms with E-state index in [0.29, 0.717) is 18.1 Å². The fourth-order valence-electron chi connectivity index (χ4n) is 1.87. The van der Waals surface area contributed by atoms with Gasteiger partial charge in [-0.1, -0.05) is 32.3 Å². The summed E-state index contributed by atoms with van der Waals surface area (Å²) >= 11 is 0. The maximum Gasteiger partial charge on any atom is 0.330 e. The lowest BCUT2D eigenvalue weighted by Gasteiger charge is -2.07. The van der Waals surface area contributed by atoms with Crippen LogP contribution < -0.4 is 9.47 Å². The standard InChI is InChI=1S/C17H24O4/c1-4-5-6-7-12-21-17(18)11-9-14-8-10-15(19-2)16(13-14)20-3/h8-11,13H,4-7,12H2,1-3H3. The van der Waals surface area contributed by atoms with E-state index in [4.69, 9.17) is 14.2 Å². The molecule has 0 amide bonds. The van der Waals surface area contributed by atoms with Gasteiger partial charge in [-0.2, -0.15) is 0 Å². The molecule has 0 unspecified atom stereocenters. The molecule has 21 heavy (non-hydrogen) atoms. The number of esters is 1. The van der Waals surface area contributed by atoms with E-state index in [2.05, 4.69) is 6.92 Å². The molecule has 1 aromatic carbocycles. The monoisotopic (exact) mass is 292 g/mol. The molecule has 1 rings (SSSR count). The number of rotatable bonds is 9. The minimum Gasteiger partial charge on any atom is -0.493 e. The van der Waals surface area contributed by atoms with Crippen LogP contribution in [0.25, 0.3) is 6.08 Å². The molecule has 0 aromatic heterocycles. The van der Waals surface area contributed by atoms with Gasteiger partial charge in [-0.15, -0.1) is 0 Å². The summed E-state index contributed by atoms with van der Waals surface area (Å²) in [6.45, 7) is 2.63. The summed E-state index contributed by atoms with van der Waals surface area (Å²) < 4.78 is 15.5. The van der Waals surface area contributed by atoms with Crippen LogP contribution in [-0.2, 0) is 9.53 Å². The van der Waals surface area contributed by atoms with Gasteiger partial charge in [0, 0.05) is 6.08 Å². The number of carbonyl (C=O) groups is 1. The summed E-state index contributed by atoms with van der Waals surface area (Å²) in [5.74, 6) is 0.974. The summed E-state index contributed by atoms with van der Waals surface area (Å²) in [6, 6.07) is 5.46. The number of unbranched alkanes of at least 4 members (excludes halogenated alkanes) is 3. The molecule has 0 N–H and O–H groups in total. The molecule has 0 saturated heterocycles. The van der Waals surface area contributed by atoms with Crippen LogP contribution in [0.1, 0.15) is 38.2 Å². The zero-order chi connectivity index (χ0) is 15.5. The maximum atomic E-state index is 11.6. The summed E-state index contributed by atoms with van der Waals surface area (Å²) in [4.78, 5) is 11.6. The Hall–Kier alpha value is -1.97. The Labute approximate surface area is 126 Å². The Balaban J connectivity index is 2.46. The van der Waals surface area contributed by atoms with E-state index in [1.54, 1.807) is 26.4 Å². The van der Waals surface area contributed by atoms with Crippen molar-refractivity contribution in [2.75, 3.05) is 20.8 Å². The average Bonchev–Trinajstić information content (AvgIpc) is 2.52. The minimum absolute atomic E-state index is 0.318. The van der Waals surface area contributed by atoms with E-state index < -0.39 is 0 Å². The molecule has 0 heterocycles. The number of carbonyl (C=O) groups excluding carboxylic acids is 1. The van der Waals surface area contributed by atoms with Crippen LogP contribution in [-0.4, -0.2) is 26.8 Å². The molecule has 0 atom stereocenters. The number of hydrogen-bond donors (Lipinski definition) is 0. The number of benzene rings is 1. The summed E-state index contributed by atoms with van der Waals surface area (Å²) in [5, 5.41) is 0. The summed E-state index contributed by atoms with van der Waals surface area (Å²) in [5.41, 5.74) is 0.857. The van der Waals surface area contributed by atoms with Gasteiger partial charge in [0.25, 0.3) is 0 Å². The van der Waals surface area contributed by atoms with Gasteiger partial charge in [-0.25, -0.2) is 4.79 Å². The van der Waals surface area contributed by atoms with Gasteiger partial charge in [-0.3, -0.25) is 0 Å². The van der Waals surface area contributed by atoms with Crippen molar-refractivity contribution in [1.82, 2.24) is 0 Å². The van der Waals surface area contributed by atoms with Crippen LogP contribution in [0.3, 0.4) is 0 Å². The third kappa shape index (κ3) is 6.34. The number of ether oxygens (including phenoxy) is 3. The number of hydrogen-bond acceptors (Lipinski definition) is 4. The lowest BCUT2D eigenvalue weighted by molar-refractivity contribution is -0.137. The maximum absolute atomic E-state index is 11.6. The highest BCUT2D eigenvalue weighted by atomic mass is 16.5. The highest BCUT2D eigenvalue weighted by Gasteiger charge is 2.03. The molecule has 0 spiro atoms. The summed E-state index contributed by atoms with van der Waals surface area (Å²) in [7, 11) is 3.17. The molecular weight excluding hydrogens is 268 g/mol. The van der Waals surface area contributed by atoms with Gasteiger partial charge in [-0.05, 0) is 30.2 Å². The SMILES string of the molecule is CCCCCCOC(=O)C=Cc1ccc(OC)c(OC)c1. The first-order valence-electron chi connectivity index (χ1n) is 7.28. The molecule has 0 aliphatic carbocycles. The van der Waals surface area contributed by atoms with Gasteiger partial charge in [0.05, 0.1) is 20.8 Å². The van der Waals surface area contributed by atoms with Crippen molar-refractivity contribution in [1.29, 1.82) is 0 Å². The van der Waals surface area contributed by atoms with Gasteiger partial charge >= 0.3 is 5.97 Å². The van der Waals surface area contributed by atoms with Crippen LogP contribution in [0.15, 0.2) is 24.3 Å². The van der Waals surface area contributed by atoms with Crippen LogP contribution >= 0.6 is 0 Å². The number of methoxy groups -OCH3 is 2. The quantitative estimate of drug-likeness (QED) is 0.394. The van der Waals surface area contributed by atoms with Crippen LogP contribution in [0, 0.1) is 0 Å². The Morgan fingerprint density at radius 3 is 2.52 bits per heavy atom. The molecule has 1 aromatic rings. The second kappa shape index (κ2) is 9.86. The van der Waals surface area contributed by atoms with Crippen molar-refractivity contribution in [3.63, 3.8) is 0 Å². The van der Waals surface area contributed by atoms with Crippen LogP contribution in [0.2, 0.25) is 0 Å². The third-order valence-electron chi connectivity index (χ3n) is 3.06. The molecule has 116 valence electrons. The van der Waals surface area contributed by atoms with Gasteiger partial charge in [0.1, 0.15) is 0 Å². The topological polar surface area (TPSA) is 44.8 Å². The van der Waals surface area contributed by atoms with Crippen molar-refractivity contribution in [2.45, 2.75) is 32.6 Å². The molecule has 4 heteroatoms. The predicted octanol–water partition coefficient (Wildman–Crippen LogP) is 3.84. The van der Waals surface area contributed by atoms with Crippen molar-refractivity contribution >= 4 is 12.0 Å². The lowest BCUT2D eigenvalue weighted by Crippen LogP contribution is -2.02. The molecule has 0 radical (unpaired) electrons. The lowest BCUT2D eigenvalue weighted by atomic mass is 10.2. The second-order valence-electron chi connectivity index (χ2n) is 4.68. The van der Waals surface area contributed by atoms with Crippen molar-refractivity contribution < 1.29 is 19.0 Å². The smallest absolute Gasteiger partial charge is 0.330 e. The van der Waals surface area contributed by atoms with Gasteiger partial charge in [0.15, 0.2) is 11.5 Å². The molecule has 4 nitrogen and oxygen atoms in total. The fraction of sp³-hybridized carbons (Fsp3) is 0.471. The minimum atomic E-state index is -0.318. The predicted molar refractivity (Wildman–Crippen MR) is 83.7 cm³/mol. The second-order valence-corrected chi connectivity index (χ2v) is 4.68. The van der Waals surface area contributed by atoms with E-state index >= 15 is 0 Å². The average molecular weight is 292 g/mol. The molecule has 0 bridgehead atoms. The fourth-order valence-corrected chi connectivity index (χ4v) is 1.87. The highest BCUT2D eigenvalue weighted by molar-refractivity contribution is 5.87. The molecule has 0 saturated carbocycles. The van der Waals surface area contributed by atoms with Crippen LogP contribution in [0.4, 0.5) is 0 Å². The Morgan fingerprint density at radius 1 is 1.10 bits per heavy atom. The van der Waals surface area contributed by atoms with Crippen molar-refractivity contribution in [2.24, 2.45) is 0 Å². The molecular formula is C17H24O4. The van der Waals surface area contributed by atoms with Gasteiger partial charge in [0.2, 0.25) is 0 Å². The Bertz CT molecular complexity index is 466. The largest absolute Gasteiger partial charge is 0.493 e. The van der Waals surface area contributed by atoms with E-state index in [1.807, 2.05) is 12.1 Å². The van der Waals surface area contributed by atoms with E-state index in [0.717, 1.165) is 18.4 Å². The Kier molecular flexibility index (Phi) is 8.02. The van der Waals surface area contributed by atoms with Gasteiger partial charge < -0.3 is 14.2 Å². The normalized spacial score (nSPS) is 10.6. The Morgan fingerprint density at radius 2 is 1.86 bits per heavy atom.